The molecule has 1 amide bonds. The SMILES string of the molecule is CCN(CC)S(=O)(=O)c1cc(C(=O)N(CCOC)CC(F)F)ccc1Cl. The highest BCUT2D eigenvalue weighted by Crippen LogP contribution is 2.26. The van der Waals surface area contributed by atoms with E-state index in [9.17, 15) is 22.0 Å². The number of amides is 1. The third-order valence-electron chi connectivity index (χ3n) is 3.71. The van der Waals surface area contributed by atoms with Gasteiger partial charge in [-0.15, -0.1) is 0 Å². The van der Waals surface area contributed by atoms with E-state index < -0.39 is 28.9 Å². The maximum atomic E-state index is 12.8. The Labute approximate surface area is 157 Å². The van der Waals surface area contributed by atoms with Gasteiger partial charge in [-0.2, -0.15) is 4.31 Å². The molecule has 1 aromatic carbocycles. The number of hydrogen-bond acceptors (Lipinski definition) is 4. The van der Waals surface area contributed by atoms with Gasteiger partial charge in [-0.3, -0.25) is 4.79 Å². The molecule has 26 heavy (non-hydrogen) atoms. The molecule has 0 saturated heterocycles. The zero-order valence-corrected chi connectivity index (χ0v) is 16.5. The summed E-state index contributed by atoms with van der Waals surface area (Å²) in [5, 5.41) is -0.0363. The van der Waals surface area contributed by atoms with Crippen LogP contribution in [-0.4, -0.2) is 69.9 Å². The van der Waals surface area contributed by atoms with E-state index in [1.165, 1.54) is 23.5 Å². The lowest BCUT2D eigenvalue weighted by Crippen LogP contribution is -2.37. The van der Waals surface area contributed by atoms with Crippen LogP contribution in [0.4, 0.5) is 8.78 Å². The molecular formula is C16H23ClF2N2O4S. The van der Waals surface area contributed by atoms with Crippen LogP contribution < -0.4 is 0 Å². The van der Waals surface area contributed by atoms with E-state index in [1.54, 1.807) is 13.8 Å². The van der Waals surface area contributed by atoms with Crippen LogP contribution in [0.25, 0.3) is 0 Å². The summed E-state index contributed by atoms with van der Waals surface area (Å²) >= 11 is 6.02. The summed E-state index contributed by atoms with van der Waals surface area (Å²) in [6.07, 6.45) is -2.72. The predicted octanol–water partition coefficient (Wildman–Crippen LogP) is 2.72. The minimum atomic E-state index is -3.90. The Morgan fingerprint density at radius 1 is 1.27 bits per heavy atom. The van der Waals surface area contributed by atoms with Gasteiger partial charge >= 0.3 is 0 Å². The summed E-state index contributed by atoms with van der Waals surface area (Å²) in [4.78, 5) is 13.3. The van der Waals surface area contributed by atoms with Crippen molar-refractivity contribution in [3.8, 4) is 0 Å². The predicted molar refractivity (Wildman–Crippen MR) is 95.3 cm³/mol. The van der Waals surface area contributed by atoms with Crippen molar-refractivity contribution in [3.05, 3.63) is 28.8 Å². The van der Waals surface area contributed by atoms with Crippen molar-refractivity contribution in [2.24, 2.45) is 0 Å². The number of halogens is 3. The Bertz CT molecular complexity index is 712. The summed E-state index contributed by atoms with van der Waals surface area (Å²) in [7, 11) is -2.50. The molecule has 148 valence electrons. The monoisotopic (exact) mass is 412 g/mol. The molecule has 1 rings (SSSR count). The van der Waals surface area contributed by atoms with Gasteiger partial charge in [0.2, 0.25) is 10.0 Å². The van der Waals surface area contributed by atoms with Gasteiger partial charge in [0.1, 0.15) is 4.90 Å². The molecule has 0 atom stereocenters. The zero-order chi connectivity index (χ0) is 19.9. The van der Waals surface area contributed by atoms with Gasteiger partial charge in [0, 0.05) is 32.3 Å². The van der Waals surface area contributed by atoms with Gasteiger partial charge < -0.3 is 9.64 Å². The van der Waals surface area contributed by atoms with Crippen molar-refractivity contribution in [1.29, 1.82) is 0 Å². The highest BCUT2D eigenvalue weighted by atomic mass is 35.5. The fourth-order valence-electron chi connectivity index (χ4n) is 2.36. The smallest absolute Gasteiger partial charge is 0.255 e. The maximum Gasteiger partial charge on any atom is 0.255 e. The van der Waals surface area contributed by atoms with E-state index in [1.807, 2.05) is 0 Å². The molecule has 1 aromatic rings. The third kappa shape index (κ3) is 5.60. The first kappa shape index (κ1) is 22.8. The van der Waals surface area contributed by atoms with Crippen molar-refractivity contribution in [2.45, 2.75) is 25.2 Å². The van der Waals surface area contributed by atoms with Crippen molar-refractivity contribution in [2.75, 3.05) is 39.9 Å². The number of ether oxygens (including phenoxy) is 1. The van der Waals surface area contributed by atoms with Crippen molar-refractivity contribution >= 4 is 27.5 Å². The van der Waals surface area contributed by atoms with E-state index >= 15 is 0 Å². The number of nitrogens with zero attached hydrogens (tertiary/aromatic N) is 2. The second-order valence-corrected chi connectivity index (χ2v) is 7.68. The van der Waals surface area contributed by atoms with Crippen LogP contribution in [0.5, 0.6) is 0 Å². The Hall–Kier alpha value is -1.29. The second kappa shape index (κ2) is 10.1. The Balaban J connectivity index is 3.27. The van der Waals surface area contributed by atoms with Gasteiger partial charge in [-0.05, 0) is 18.2 Å². The second-order valence-electron chi connectivity index (χ2n) is 5.37. The van der Waals surface area contributed by atoms with Crippen LogP contribution >= 0.6 is 11.6 Å². The summed E-state index contributed by atoms with van der Waals surface area (Å²) in [6.45, 7) is 3.09. The lowest BCUT2D eigenvalue weighted by Gasteiger charge is -2.23. The quantitative estimate of drug-likeness (QED) is 0.592. The van der Waals surface area contributed by atoms with Crippen LogP contribution in [0.3, 0.4) is 0 Å². The number of sulfonamides is 1. The molecule has 6 nitrogen and oxygen atoms in total. The highest BCUT2D eigenvalue weighted by molar-refractivity contribution is 7.89. The number of methoxy groups -OCH3 is 1. The minimum absolute atomic E-state index is 0.0307. The van der Waals surface area contributed by atoms with Crippen LogP contribution in [0, 0.1) is 0 Å². The molecule has 0 aliphatic carbocycles. The first-order valence-corrected chi connectivity index (χ1v) is 9.86. The molecule has 0 aliphatic heterocycles. The molecule has 0 unspecified atom stereocenters. The summed E-state index contributed by atoms with van der Waals surface area (Å²) in [5.74, 6) is -0.713. The van der Waals surface area contributed by atoms with Gasteiger partial charge in [-0.1, -0.05) is 25.4 Å². The van der Waals surface area contributed by atoms with Gasteiger partial charge in [0.05, 0.1) is 18.2 Å². The molecule has 10 heteroatoms. The van der Waals surface area contributed by atoms with Crippen LogP contribution in [0.15, 0.2) is 23.1 Å². The van der Waals surface area contributed by atoms with E-state index in [0.717, 1.165) is 11.0 Å². The topological polar surface area (TPSA) is 66.9 Å². The highest BCUT2D eigenvalue weighted by Gasteiger charge is 2.27. The number of alkyl halides is 2. The van der Waals surface area contributed by atoms with Crippen molar-refractivity contribution < 1.29 is 26.7 Å². The molecule has 0 spiro atoms. The zero-order valence-electron chi connectivity index (χ0n) is 14.9. The van der Waals surface area contributed by atoms with Crippen LogP contribution in [-0.2, 0) is 14.8 Å². The molecule has 0 N–H and O–H groups in total. The molecule has 0 aliphatic rings. The number of carbonyl (C=O) groups is 1. The van der Waals surface area contributed by atoms with Crippen molar-refractivity contribution in [1.82, 2.24) is 9.21 Å². The Morgan fingerprint density at radius 2 is 1.88 bits per heavy atom. The molecule has 0 aromatic heterocycles. The number of hydrogen-bond donors (Lipinski definition) is 0. The maximum absolute atomic E-state index is 12.8. The normalized spacial score (nSPS) is 12.0. The van der Waals surface area contributed by atoms with Crippen LogP contribution in [0.2, 0.25) is 5.02 Å². The van der Waals surface area contributed by atoms with E-state index in [2.05, 4.69) is 0 Å². The standard InChI is InChI=1S/C16H23ClF2N2O4S/c1-4-21(5-2)26(23,24)14-10-12(6-7-13(14)17)16(22)20(8-9-25-3)11-15(18)19/h6-7,10,15H,4-5,8-9,11H2,1-3H3. The lowest BCUT2D eigenvalue weighted by atomic mass is 10.2. The minimum Gasteiger partial charge on any atom is -0.383 e. The number of rotatable bonds is 10. The van der Waals surface area contributed by atoms with E-state index in [0.29, 0.717) is 0 Å². The summed E-state index contributed by atoms with van der Waals surface area (Å²) in [6, 6.07) is 3.73. The molecule has 0 heterocycles. The Morgan fingerprint density at radius 3 is 2.38 bits per heavy atom. The fourth-order valence-corrected chi connectivity index (χ4v) is 4.32. The van der Waals surface area contributed by atoms with Crippen LogP contribution in [0.1, 0.15) is 24.2 Å². The first-order chi connectivity index (χ1) is 12.2. The van der Waals surface area contributed by atoms with Gasteiger partial charge in [0.25, 0.3) is 12.3 Å². The molecule has 0 saturated carbocycles. The average molecular weight is 413 g/mol. The van der Waals surface area contributed by atoms with Gasteiger partial charge in [-0.25, -0.2) is 17.2 Å². The number of benzene rings is 1. The number of carbonyl (C=O) groups excluding carboxylic acids is 1. The largest absolute Gasteiger partial charge is 0.383 e. The van der Waals surface area contributed by atoms with Crippen molar-refractivity contribution in [3.63, 3.8) is 0 Å². The van der Waals surface area contributed by atoms with Gasteiger partial charge in [0.15, 0.2) is 0 Å². The molecule has 0 fully saturated rings. The average Bonchev–Trinajstić information content (AvgIpc) is 2.58. The van der Waals surface area contributed by atoms with E-state index in [4.69, 9.17) is 16.3 Å². The lowest BCUT2D eigenvalue weighted by molar-refractivity contribution is 0.0478. The fraction of sp³-hybridized carbons (Fsp3) is 0.562. The molecule has 0 bridgehead atoms. The first-order valence-electron chi connectivity index (χ1n) is 8.05. The summed E-state index contributed by atoms with van der Waals surface area (Å²) < 4.78 is 56.9. The molecule has 0 radical (unpaired) electrons. The Kier molecular flexibility index (Phi) is 8.88. The molecular weight excluding hydrogens is 390 g/mol. The summed E-state index contributed by atoms with van der Waals surface area (Å²) in [5.41, 5.74) is -0.0307. The van der Waals surface area contributed by atoms with E-state index in [-0.39, 0.29) is 41.7 Å². The third-order valence-corrected chi connectivity index (χ3v) is 6.24.